The minimum Gasteiger partial charge on any atom is -0.327 e. The Morgan fingerprint density at radius 3 is 2.68 bits per heavy atom. The lowest BCUT2D eigenvalue weighted by atomic mass is 10.1. The average molecular weight is 263 g/mol. The van der Waals surface area contributed by atoms with Crippen molar-refractivity contribution in [3.63, 3.8) is 0 Å². The molecular formula is C15H25N3O. The summed E-state index contributed by atoms with van der Waals surface area (Å²) in [6.07, 6.45) is 2.27. The highest BCUT2D eigenvalue weighted by Crippen LogP contribution is 2.16. The molecule has 0 bridgehead atoms. The number of hydrogen-bond donors (Lipinski definition) is 2. The van der Waals surface area contributed by atoms with Crippen LogP contribution in [-0.2, 0) is 11.3 Å². The van der Waals surface area contributed by atoms with E-state index in [0.29, 0.717) is 6.42 Å². The van der Waals surface area contributed by atoms with E-state index in [1.165, 1.54) is 0 Å². The van der Waals surface area contributed by atoms with Crippen LogP contribution in [0.15, 0.2) is 24.3 Å². The molecule has 0 spiro atoms. The zero-order valence-corrected chi connectivity index (χ0v) is 12.1. The number of carbonyl (C=O) groups is 1. The van der Waals surface area contributed by atoms with Crippen LogP contribution in [-0.4, -0.2) is 30.9 Å². The second-order valence-electron chi connectivity index (χ2n) is 5.20. The minimum absolute atomic E-state index is 0.00726. The first-order chi connectivity index (χ1) is 9.02. The molecule has 1 aromatic rings. The third-order valence-corrected chi connectivity index (χ3v) is 2.89. The monoisotopic (exact) mass is 263 g/mol. The van der Waals surface area contributed by atoms with E-state index < -0.39 is 0 Å². The van der Waals surface area contributed by atoms with E-state index in [1.807, 2.05) is 38.4 Å². The molecule has 1 amide bonds. The molecule has 0 aromatic heterocycles. The highest BCUT2D eigenvalue weighted by Gasteiger charge is 2.11. The van der Waals surface area contributed by atoms with E-state index in [4.69, 9.17) is 5.73 Å². The standard InChI is InChI=1S/C15H25N3O/c1-4-7-13(16)10-15(19)17-14-9-6-5-8-12(14)11-18(2)3/h5-6,8-9,13H,4,7,10-11,16H2,1-3H3,(H,17,19). The Labute approximate surface area is 116 Å². The Balaban J connectivity index is 2.63. The van der Waals surface area contributed by atoms with Crippen molar-refractivity contribution in [3.05, 3.63) is 29.8 Å². The van der Waals surface area contributed by atoms with E-state index >= 15 is 0 Å². The molecule has 0 aliphatic heterocycles. The Bertz CT molecular complexity index is 404. The van der Waals surface area contributed by atoms with Gasteiger partial charge in [-0.3, -0.25) is 4.79 Å². The first kappa shape index (κ1) is 15.7. The molecule has 106 valence electrons. The molecular weight excluding hydrogens is 238 g/mol. The van der Waals surface area contributed by atoms with Gasteiger partial charge in [-0.05, 0) is 32.1 Å². The summed E-state index contributed by atoms with van der Waals surface area (Å²) in [5, 5.41) is 2.96. The van der Waals surface area contributed by atoms with Crippen molar-refractivity contribution >= 4 is 11.6 Å². The smallest absolute Gasteiger partial charge is 0.225 e. The first-order valence-electron chi connectivity index (χ1n) is 6.81. The summed E-state index contributed by atoms with van der Waals surface area (Å²) in [6, 6.07) is 7.83. The fourth-order valence-electron chi connectivity index (χ4n) is 2.03. The van der Waals surface area contributed by atoms with Crippen LogP contribution in [0.2, 0.25) is 0 Å². The summed E-state index contributed by atoms with van der Waals surface area (Å²) in [5.41, 5.74) is 7.88. The molecule has 4 nitrogen and oxygen atoms in total. The largest absolute Gasteiger partial charge is 0.327 e. The summed E-state index contributed by atoms with van der Waals surface area (Å²) in [7, 11) is 4.02. The second-order valence-corrected chi connectivity index (χ2v) is 5.20. The molecule has 4 heteroatoms. The van der Waals surface area contributed by atoms with Crippen LogP contribution in [0.1, 0.15) is 31.7 Å². The number of hydrogen-bond acceptors (Lipinski definition) is 3. The van der Waals surface area contributed by atoms with Gasteiger partial charge in [0.25, 0.3) is 0 Å². The lowest BCUT2D eigenvalue weighted by Crippen LogP contribution is -2.27. The third kappa shape index (κ3) is 5.85. The van der Waals surface area contributed by atoms with Crippen LogP contribution < -0.4 is 11.1 Å². The van der Waals surface area contributed by atoms with Crippen molar-refractivity contribution in [1.29, 1.82) is 0 Å². The third-order valence-electron chi connectivity index (χ3n) is 2.89. The number of nitrogens with two attached hydrogens (primary N) is 1. The first-order valence-corrected chi connectivity index (χ1v) is 6.81. The normalized spacial score (nSPS) is 12.5. The molecule has 0 fully saturated rings. The number of rotatable bonds is 7. The fourth-order valence-corrected chi connectivity index (χ4v) is 2.03. The van der Waals surface area contributed by atoms with Gasteiger partial charge >= 0.3 is 0 Å². The van der Waals surface area contributed by atoms with Crippen LogP contribution in [0.4, 0.5) is 5.69 Å². The number of benzene rings is 1. The van der Waals surface area contributed by atoms with Gasteiger partial charge in [-0.1, -0.05) is 31.5 Å². The summed E-state index contributed by atoms with van der Waals surface area (Å²) >= 11 is 0. The maximum Gasteiger partial charge on any atom is 0.225 e. The minimum atomic E-state index is -0.0500. The van der Waals surface area contributed by atoms with Crippen LogP contribution in [0.3, 0.4) is 0 Å². The topological polar surface area (TPSA) is 58.4 Å². The number of para-hydroxylation sites is 1. The van der Waals surface area contributed by atoms with Gasteiger partial charge < -0.3 is 16.0 Å². The van der Waals surface area contributed by atoms with E-state index in [-0.39, 0.29) is 11.9 Å². The van der Waals surface area contributed by atoms with Crippen LogP contribution >= 0.6 is 0 Å². The van der Waals surface area contributed by atoms with Gasteiger partial charge in [0.1, 0.15) is 0 Å². The SMILES string of the molecule is CCCC(N)CC(=O)Nc1ccccc1CN(C)C. The molecule has 0 aliphatic carbocycles. The summed E-state index contributed by atoms with van der Waals surface area (Å²) in [6.45, 7) is 2.88. The number of amides is 1. The van der Waals surface area contributed by atoms with Gasteiger partial charge in [0.2, 0.25) is 5.91 Å². The molecule has 0 heterocycles. The van der Waals surface area contributed by atoms with E-state index in [0.717, 1.165) is 30.6 Å². The van der Waals surface area contributed by atoms with Gasteiger partial charge in [-0.15, -0.1) is 0 Å². The average Bonchev–Trinajstić information content (AvgIpc) is 2.31. The van der Waals surface area contributed by atoms with E-state index in [9.17, 15) is 4.79 Å². The van der Waals surface area contributed by atoms with Crippen molar-refractivity contribution in [1.82, 2.24) is 4.90 Å². The molecule has 1 atom stereocenters. The number of anilines is 1. The predicted molar refractivity (Wildman–Crippen MR) is 80.0 cm³/mol. The Hall–Kier alpha value is -1.39. The van der Waals surface area contributed by atoms with Gasteiger partial charge in [0, 0.05) is 24.7 Å². The fraction of sp³-hybridized carbons (Fsp3) is 0.533. The Morgan fingerprint density at radius 2 is 2.05 bits per heavy atom. The number of nitrogens with zero attached hydrogens (tertiary/aromatic N) is 1. The maximum absolute atomic E-state index is 11.9. The Morgan fingerprint density at radius 1 is 1.37 bits per heavy atom. The molecule has 0 saturated heterocycles. The van der Waals surface area contributed by atoms with E-state index in [1.54, 1.807) is 0 Å². The number of carbonyl (C=O) groups excluding carboxylic acids is 1. The van der Waals surface area contributed by atoms with Crippen LogP contribution in [0.5, 0.6) is 0 Å². The van der Waals surface area contributed by atoms with Gasteiger partial charge in [-0.25, -0.2) is 0 Å². The van der Waals surface area contributed by atoms with Gasteiger partial charge in [-0.2, -0.15) is 0 Å². The summed E-state index contributed by atoms with van der Waals surface area (Å²) in [4.78, 5) is 14.0. The molecule has 0 aliphatic rings. The van der Waals surface area contributed by atoms with Gasteiger partial charge in [0.15, 0.2) is 0 Å². The zero-order valence-electron chi connectivity index (χ0n) is 12.1. The number of nitrogens with one attached hydrogen (secondary N) is 1. The van der Waals surface area contributed by atoms with Crippen molar-refractivity contribution in [2.24, 2.45) is 5.73 Å². The Kier molecular flexibility index (Phi) is 6.53. The van der Waals surface area contributed by atoms with E-state index in [2.05, 4.69) is 17.1 Å². The molecule has 0 radical (unpaired) electrons. The molecule has 1 aromatic carbocycles. The maximum atomic E-state index is 11.9. The molecule has 0 saturated carbocycles. The molecule has 1 rings (SSSR count). The van der Waals surface area contributed by atoms with Crippen molar-refractivity contribution in [3.8, 4) is 0 Å². The summed E-state index contributed by atoms with van der Waals surface area (Å²) in [5.74, 6) is -0.00726. The summed E-state index contributed by atoms with van der Waals surface area (Å²) < 4.78 is 0. The molecule has 1 unspecified atom stereocenters. The quantitative estimate of drug-likeness (QED) is 0.793. The second kappa shape index (κ2) is 7.92. The predicted octanol–water partition coefficient (Wildman–Crippen LogP) is 2.20. The highest BCUT2D eigenvalue weighted by atomic mass is 16.1. The molecule has 3 N–H and O–H groups in total. The van der Waals surface area contributed by atoms with Crippen molar-refractivity contribution in [2.75, 3.05) is 19.4 Å². The van der Waals surface area contributed by atoms with Crippen molar-refractivity contribution in [2.45, 2.75) is 38.8 Å². The van der Waals surface area contributed by atoms with Crippen LogP contribution in [0, 0.1) is 0 Å². The molecule has 19 heavy (non-hydrogen) atoms. The van der Waals surface area contributed by atoms with Crippen molar-refractivity contribution < 1.29 is 4.79 Å². The lowest BCUT2D eigenvalue weighted by molar-refractivity contribution is -0.116. The highest BCUT2D eigenvalue weighted by molar-refractivity contribution is 5.91. The zero-order chi connectivity index (χ0) is 14.3. The van der Waals surface area contributed by atoms with Gasteiger partial charge in [0.05, 0.1) is 0 Å². The van der Waals surface area contributed by atoms with Crippen LogP contribution in [0.25, 0.3) is 0 Å². The lowest BCUT2D eigenvalue weighted by Gasteiger charge is -2.16.